The van der Waals surface area contributed by atoms with Gasteiger partial charge < -0.3 is 30.3 Å². The Morgan fingerprint density at radius 1 is 0.500 bits per heavy atom. The Bertz CT molecular complexity index is 769. The van der Waals surface area contributed by atoms with Crippen molar-refractivity contribution >= 4 is 36.5 Å². The van der Waals surface area contributed by atoms with Crippen LogP contribution in [-0.4, -0.2) is 99.6 Å². The average Bonchev–Trinajstić information content (AvgIpc) is 2.98. The van der Waals surface area contributed by atoms with Gasteiger partial charge >= 0.3 is 12.2 Å². The van der Waals surface area contributed by atoms with Gasteiger partial charge in [-0.1, -0.05) is 38.5 Å². The van der Waals surface area contributed by atoms with Gasteiger partial charge in [0.15, 0.2) is 0 Å². The lowest BCUT2D eigenvalue weighted by atomic mass is 10.2. The predicted octanol–water partition coefficient (Wildman–Crippen LogP) is 2.34. The van der Waals surface area contributed by atoms with Crippen molar-refractivity contribution in [3.8, 4) is 0 Å². The number of alkyl carbamates (subject to hydrolysis) is 2. The molecular weight excluding hydrogens is 556 g/mol. The van der Waals surface area contributed by atoms with Crippen LogP contribution in [-0.2, 0) is 28.7 Å². The van der Waals surface area contributed by atoms with Gasteiger partial charge in [-0.15, -0.1) is 0 Å². The van der Waals surface area contributed by atoms with Gasteiger partial charge in [0.25, 0.3) is 0 Å². The van der Waals surface area contributed by atoms with Crippen molar-refractivity contribution in [2.45, 2.75) is 77.0 Å². The molecule has 0 heterocycles. The van der Waals surface area contributed by atoms with E-state index in [9.17, 15) is 28.8 Å². The number of hydrogen-bond acceptors (Lipinski definition) is 14. The molecule has 0 fully saturated rings. The monoisotopic (exact) mass is 600 g/mol. The molecule has 0 unspecified atom stereocenters. The minimum Gasteiger partial charge on any atom is -0.412 e. The fourth-order valence-electron chi connectivity index (χ4n) is 2.88. The van der Waals surface area contributed by atoms with E-state index in [1.165, 1.54) is 24.3 Å². The van der Waals surface area contributed by atoms with Crippen molar-refractivity contribution in [3.63, 3.8) is 0 Å². The Kier molecular flexibility index (Phi) is 41.9. The molecule has 0 aliphatic rings. The van der Waals surface area contributed by atoms with Crippen LogP contribution >= 0.6 is 0 Å². The highest BCUT2D eigenvalue weighted by Gasteiger charge is 2.04. The number of nitrogens with zero attached hydrogens (tertiary/aromatic N) is 4. The van der Waals surface area contributed by atoms with Crippen molar-refractivity contribution < 1.29 is 48.5 Å². The van der Waals surface area contributed by atoms with Gasteiger partial charge in [-0.25, -0.2) is 48.7 Å². The Morgan fingerprint density at radius 2 is 0.762 bits per heavy atom. The van der Waals surface area contributed by atoms with Crippen LogP contribution in [0, 0.1) is 0 Å². The highest BCUT2D eigenvalue weighted by Crippen LogP contribution is 2.00. The van der Waals surface area contributed by atoms with E-state index in [1.807, 2.05) is 0 Å². The lowest BCUT2D eigenvalue weighted by Gasteiger charge is -2.08. The summed E-state index contributed by atoms with van der Waals surface area (Å²) < 4.78 is 9.44. The zero-order chi connectivity index (χ0) is 31.8. The lowest BCUT2D eigenvalue weighted by molar-refractivity contribution is 0.0244. The first-order valence-corrected chi connectivity index (χ1v) is 13.7. The molecule has 42 heavy (non-hydrogen) atoms. The molecule has 0 aromatic carbocycles. The topological polar surface area (TPSA) is 235 Å². The van der Waals surface area contributed by atoms with E-state index in [-0.39, 0.29) is 0 Å². The Balaban J connectivity index is -0.000000839. The van der Waals surface area contributed by atoms with Crippen LogP contribution in [0.15, 0.2) is 20.0 Å². The van der Waals surface area contributed by atoms with Crippen molar-refractivity contribution in [1.29, 1.82) is 0 Å². The minimum absolute atomic E-state index is 0.453. The van der Waals surface area contributed by atoms with Gasteiger partial charge in [-0.3, -0.25) is 0 Å². The number of nitrogens with one attached hydrogen (secondary N) is 2. The normalized spacial score (nSPS) is 8.90. The van der Waals surface area contributed by atoms with Crippen LogP contribution in [0.5, 0.6) is 0 Å². The highest BCUT2D eigenvalue weighted by atomic mass is 16.7. The van der Waals surface area contributed by atoms with E-state index < -0.39 is 25.8 Å². The number of rotatable bonds is 23. The molecule has 0 rings (SSSR count). The van der Waals surface area contributed by atoms with E-state index in [0.717, 1.165) is 77.0 Å². The second kappa shape index (κ2) is 41.5. The fraction of sp³-hybridized carbons (Fsp3) is 0.769. The molecule has 0 aliphatic heterocycles. The van der Waals surface area contributed by atoms with Crippen LogP contribution in [0.1, 0.15) is 77.0 Å². The molecule has 0 aromatic rings. The zero-order valence-corrected chi connectivity index (χ0v) is 24.1. The number of ether oxygens (including phenoxy) is 2. The van der Waals surface area contributed by atoms with E-state index >= 15 is 0 Å². The third-order valence-electron chi connectivity index (χ3n) is 4.86. The Morgan fingerprint density at radius 3 is 1.02 bits per heavy atom. The largest absolute Gasteiger partial charge is 0.412 e. The Labute approximate surface area is 245 Å². The van der Waals surface area contributed by atoms with Crippen molar-refractivity contribution in [1.82, 2.24) is 10.6 Å². The molecule has 0 saturated heterocycles. The number of aliphatic hydroxyl groups is 2. The molecular formula is C26H44N6O10. The van der Waals surface area contributed by atoms with Crippen LogP contribution in [0.25, 0.3) is 0 Å². The maximum atomic E-state index is 11.4. The second-order valence-electron chi connectivity index (χ2n) is 8.11. The number of isocyanates is 4. The van der Waals surface area contributed by atoms with E-state index in [1.54, 1.807) is 0 Å². The summed E-state index contributed by atoms with van der Waals surface area (Å²) in [5.74, 6) is 0. The molecule has 0 atom stereocenters. The zero-order valence-electron chi connectivity index (χ0n) is 24.1. The van der Waals surface area contributed by atoms with E-state index in [0.29, 0.717) is 39.3 Å². The van der Waals surface area contributed by atoms with Gasteiger partial charge in [-0.2, -0.15) is 0 Å². The van der Waals surface area contributed by atoms with Crippen LogP contribution in [0.2, 0.25) is 0 Å². The third kappa shape index (κ3) is 45.9. The van der Waals surface area contributed by atoms with Gasteiger partial charge in [0.05, 0.1) is 26.2 Å². The smallest absolute Gasteiger partial charge is 0.410 e. The van der Waals surface area contributed by atoms with Crippen molar-refractivity contribution in [2.75, 3.05) is 52.9 Å². The van der Waals surface area contributed by atoms with Crippen LogP contribution in [0.4, 0.5) is 9.59 Å². The number of hydrogen-bond donors (Lipinski definition) is 4. The molecule has 16 heteroatoms. The summed E-state index contributed by atoms with van der Waals surface area (Å²) in [6, 6.07) is 0. The standard InChI is InChI=1S/C17H28N4O6.C8H12N2O2.CH4O2/c22-13-18-9-5-1-3-7-11-20-16(24)26-15-27-17(25)21-12-8-4-2-6-10-19-14-23;11-7-9-5-3-1-2-4-6-10-8-12;2-1-3/h1-12,15H2,(H,20,24)(H,21,25);1-6H2;2-3H,1H2. The third-order valence-corrected chi connectivity index (χ3v) is 4.86. The molecule has 0 saturated carbocycles. The SMILES string of the molecule is O=C=NCCCCCCN=C=O.O=C=NCCCCCCNC(=O)OCOC(=O)NCCCCCCN=C=O.OCO. The number of carbonyl (C=O) groups excluding carboxylic acids is 6. The van der Waals surface area contributed by atoms with Crippen molar-refractivity contribution in [3.05, 3.63) is 0 Å². The van der Waals surface area contributed by atoms with Crippen LogP contribution in [0.3, 0.4) is 0 Å². The number of carbonyl (C=O) groups is 2. The summed E-state index contributed by atoms with van der Waals surface area (Å²) in [6.45, 7) is 1.79. The van der Waals surface area contributed by atoms with Gasteiger partial charge in [0, 0.05) is 13.1 Å². The molecule has 0 radical (unpaired) electrons. The van der Waals surface area contributed by atoms with E-state index in [2.05, 4.69) is 30.6 Å². The summed E-state index contributed by atoms with van der Waals surface area (Å²) in [4.78, 5) is 75.5. The summed E-state index contributed by atoms with van der Waals surface area (Å²) in [5.41, 5.74) is 0. The van der Waals surface area contributed by atoms with E-state index in [4.69, 9.17) is 19.7 Å². The fourth-order valence-corrected chi connectivity index (χ4v) is 2.88. The molecule has 238 valence electrons. The summed E-state index contributed by atoms with van der Waals surface area (Å²) >= 11 is 0. The van der Waals surface area contributed by atoms with Gasteiger partial charge in [0.2, 0.25) is 31.1 Å². The summed E-state index contributed by atoms with van der Waals surface area (Å²) in [7, 11) is 0. The average molecular weight is 601 g/mol. The molecule has 0 bridgehead atoms. The quantitative estimate of drug-likeness (QED) is 0.0578. The predicted molar refractivity (Wildman–Crippen MR) is 150 cm³/mol. The number of aliphatic imine (C=N–C) groups is 4. The molecule has 2 amide bonds. The molecule has 4 N–H and O–H groups in total. The first kappa shape index (κ1) is 42.4. The number of aliphatic hydroxyl groups excluding tert-OH is 1. The van der Waals surface area contributed by atoms with Crippen molar-refractivity contribution in [2.24, 2.45) is 20.0 Å². The number of amides is 2. The van der Waals surface area contributed by atoms with Crippen LogP contribution < -0.4 is 10.6 Å². The highest BCUT2D eigenvalue weighted by molar-refractivity contribution is 5.68. The molecule has 0 aromatic heterocycles. The van der Waals surface area contributed by atoms with Gasteiger partial charge in [-0.05, 0) is 38.5 Å². The van der Waals surface area contributed by atoms with Gasteiger partial charge in [0.1, 0.15) is 6.79 Å². The summed E-state index contributed by atoms with van der Waals surface area (Å²) in [6.07, 6.45) is 15.3. The number of unbranched alkanes of at least 4 members (excludes halogenated alkanes) is 9. The first-order valence-electron chi connectivity index (χ1n) is 13.7. The molecule has 16 nitrogen and oxygen atoms in total. The maximum Gasteiger partial charge on any atom is 0.410 e. The Hall–Kier alpha value is -4.02. The molecule has 0 aliphatic carbocycles. The second-order valence-corrected chi connectivity index (χ2v) is 8.11. The molecule has 0 spiro atoms. The lowest BCUT2D eigenvalue weighted by Crippen LogP contribution is -2.30. The minimum atomic E-state index is -0.750. The first-order chi connectivity index (χ1) is 20.5. The summed E-state index contributed by atoms with van der Waals surface area (Å²) in [5, 5.41) is 19.3. The maximum absolute atomic E-state index is 11.4.